The molecule has 3 nitrogen and oxygen atoms in total. The highest BCUT2D eigenvalue weighted by Gasteiger charge is 2.22. The Labute approximate surface area is 147 Å². The highest BCUT2D eigenvalue weighted by molar-refractivity contribution is 14.1. The molecule has 0 spiro atoms. The van der Waals surface area contributed by atoms with Gasteiger partial charge in [-0.3, -0.25) is 0 Å². The molecule has 0 N–H and O–H groups in total. The van der Waals surface area contributed by atoms with E-state index in [9.17, 15) is 4.39 Å². The van der Waals surface area contributed by atoms with Crippen LogP contribution in [0.4, 0.5) is 4.39 Å². The van der Waals surface area contributed by atoms with Crippen LogP contribution in [0.15, 0.2) is 18.2 Å². The molecule has 2 aromatic rings. The van der Waals surface area contributed by atoms with Crippen LogP contribution in [0.1, 0.15) is 39.8 Å². The van der Waals surface area contributed by atoms with Gasteiger partial charge in [0, 0.05) is 5.39 Å². The molecule has 22 heavy (non-hydrogen) atoms. The van der Waals surface area contributed by atoms with Crippen molar-refractivity contribution in [2.75, 3.05) is 0 Å². The summed E-state index contributed by atoms with van der Waals surface area (Å²) in [6, 6.07) is 4.84. The van der Waals surface area contributed by atoms with Crippen molar-refractivity contribution < 1.29 is 8.82 Å². The van der Waals surface area contributed by atoms with E-state index in [1.807, 2.05) is 4.68 Å². The van der Waals surface area contributed by atoms with Gasteiger partial charge in [0.2, 0.25) is 0 Å². The predicted molar refractivity (Wildman–Crippen MR) is 100 cm³/mol. The Balaban J connectivity index is 2.38. The second-order valence-corrected chi connectivity index (χ2v) is 10.5. The number of fused-ring (bicyclic) bond motifs is 1. The van der Waals surface area contributed by atoms with Crippen molar-refractivity contribution in [3.8, 4) is 0 Å². The maximum atomic E-state index is 13.5. The third-order valence-corrected chi connectivity index (χ3v) is 5.12. The number of hydrogen-bond acceptors (Lipinski definition) is 2. The first-order valence-electron chi connectivity index (χ1n) is 7.66. The molecule has 0 fully saturated rings. The fourth-order valence-corrected chi connectivity index (χ4v) is 3.96. The van der Waals surface area contributed by atoms with Crippen LogP contribution in [0, 0.1) is 14.9 Å². The molecule has 1 unspecified atom stereocenters. The molecular weight excluding hydrogens is 410 g/mol. The van der Waals surface area contributed by atoms with Crippen molar-refractivity contribution in [2.45, 2.75) is 52.9 Å². The summed E-state index contributed by atoms with van der Waals surface area (Å²) in [4.78, 5) is 0. The fraction of sp³-hybridized carbons (Fsp3) is 0.562. The summed E-state index contributed by atoms with van der Waals surface area (Å²) < 4.78 is 22.5. The Hall–Kier alpha value is -0.473. The highest BCUT2D eigenvalue weighted by Crippen LogP contribution is 2.30. The summed E-state index contributed by atoms with van der Waals surface area (Å²) in [5.41, 5.74) is 1.20. The number of benzene rings is 1. The summed E-state index contributed by atoms with van der Waals surface area (Å²) in [6.45, 7) is 11.0. The van der Waals surface area contributed by atoms with Crippen molar-refractivity contribution >= 4 is 42.5 Å². The summed E-state index contributed by atoms with van der Waals surface area (Å²) >= 11 is 2.16. The van der Waals surface area contributed by atoms with Gasteiger partial charge >= 0.3 is 0 Å². The van der Waals surface area contributed by atoms with Gasteiger partial charge in [0.25, 0.3) is 0 Å². The van der Waals surface area contributed by atoms with Gasteiger partial charge in [0.15, 0.2) is 9.04 Å². The Morgan fingerprint density at radius 1 is 1.36 bits per heavy atom. The molecular formula is C16H24FIN2OSi. The minimum absolute atomic E-state index is 0.0673. The molecule has 1 heterocycles. The van der Waals surface area contributed by atoms with E-state index in [0.717, 1.165) is 27.4 Å². The molecule has 0 radical (unpaired) electrons. The first kappa shape index (κ1) is 17.9. The van der Waals surface area contributed by atoms with Gasteiger partial charge in [-0.25, -0.2) is 9.07 Å². The van der Waals surface area contributed by atoms with Crippen LogP contribution in [0.5, 0.6) is 0 Å². The number of nitrogens with zero attached hydrogens (tertiary/aromatic N) is 2. The molecule has 122 valence electrons. The summed E-state index contributed by atoms with van der Waals surface area (Å²) in [5.74, 6) is -0.227. The van der Waals surface area contributed by atoms with E-state index in [4.69, 9.17) is 4.43 Å². The molecule has 0 aliphatic rings. The third kappa shape index (κ3) is 4.52. The number of aromatic nitrogens is 2. The second kappa shape index (κ2) is 6.96. The first-order valence-corrected chi connectivity index (χ1v) is 11.5. The lowest BCUT2D eigenvalue weighted by Gasteiger charge is -2.26. The van der Waals surface area contributed by atoms with Crippen molar-refractivity contribution in [3.05, 3.63) is 27.7 Å². The molecule has 0 aliphatic carbocycles. The van der Waals surface area contributed by atoms with Gasteiger partial charge in [0.1, 0.15) is 15.7 Å². The van der Waals surface area contributed by atoms with Gasteiger partial charge in [-0.05, 0) is 72.1 Å². The van der Waals surface area contributed by atoms with E-state index < -0.39 is 9.04 Å². The molecule has 2 rings (SSSR count). The monoisotopic (exact) mass is 434 g/mol. The Bertz CT molecular complexity index is 651. The molecule has 0 saturated carbocycles. The summed E-state index contributed by atoms with van der Waals surface area (Å²) in [7, 11) is -1.20. The number of rotatable bonds is 5. The summed E-state index contributed by atoms with van der Waals surface area (Å²) in [5, 5.41) is 5.48. The first-order chi connectivity index (χ1) is 10.2. The molecule has 1 atom stereocenters. The molecule has 1 aromatic heterocycles. The topological polar surface area (TPSA) is 27.1 Å². The summed E-state index contributed by atoms with van der Waals surface area (Å²) in [6.07, 6.45) is 1.90. The number of halogens is 2. The maximum Gasteiger partial charge on any atom is 0.173 e. The van der Waals surface area contributed by atoms with Crippen LogP contribution >= 0.6 is 22.6 Å². The third-order valence-electron chi connectivity index (χ3n) is 3.47. The van der Waals surface area contributed by atoms with E-state index >= 15 is 0 Å². The van der Waals surface area contributed by atoms with Gasteiger partial charge in [0.05, 0.1) is 5.52 Å². The molecule has 1 aromatic carbocycles. The van der Waals surface area contributed by atoms with Crippen molar-refractivity contribution in [1.29, 1.82) is 0 Å². The van der Waals surface area contributed by atoms with Crippen molar-refractivity contribution in [1.82, 2.24) is 9.78 Å². The largest absolute Gasteiger partial charge is 0.399 e. The molecule has 0 aliphatic heterocycles. The van der Waals surface area contributed by atoms with Crippen LogP contribution in [0.2, 0.25) is 13.1 Å². The van der Waals surface area contributed by atoms with Crippen molar-refractivity contribution in [2.24, 2.45) is 5.41 Å². The minimum atomic E-state index is -1.20. The maximum absolute atomic E-state index is 13.5. The van der Waals surface area contributed by atoms with Gasteiger partial charge in [-0.15, -0.1) is 0 Å². The van der Waals surface area contributed by atoms with Crippen LogP contribution in [-0.4, -0.2) is 18.8 Å². The SMILES string of the molecule is C[SiH](C)OC(CCC(C)(C)C)n1nc(I)c2cc(F)ccc21. The predicted octanol–water partition coefficient (Wildman–Crippen LogP) is 5.10. The lowest BCUT2D eigenvalue weighted by molar-refractivity contribution is 0.0980. The lowest BCUT2D eigenvalue weighted by Crippen LogP contribution is -2.22. The molecule has 0 bridgehead atoms. The second-order valence-electron chi connectivity index (χ2n) is 7.14. The minimum Gasteiger partial charge on any atom is -0.399 e. The average Bonchev–Trinajstić information content (AvgIpc) is 2.70. The van der Waals surface area contributed by atoms with Crippen LogP contribution in [-0.2, 0) is 4.43 Å². The molecule has 0 saturated heterocycles. The fourth-order valence-electron chi connectivity index (χ4n) is 2.41. The molecule has 6 heteroatoms. The van der Waals surface area contributed by atoms with Crippen molar-refractivity contribution in [3.63, 3.8) is 0 Å². The Morgan fingerprint density at radius 2 is 2.05 bits per heavy atom. The van der Waals surface area contributed by atoms with Crippen LogP contribution in [0.3, 0.4) is 0 Å². The number of hydrogen-bond donors (Lipinski definition) is 0. The van der Waals surface area contributed by atoms with E-state index in [0.29, 0.717) is 0 Å². The van der Waals surface area contributed by atoms with Gasteiger partial charge in [-0.1, -0.05) is 20.8 Å². The van der Waals surface area contributed by atoms with E-state index in [1.165, 1.54) is 6.07 Å². The highest BCUT2D eigenvalue weighted by atomic mass is 127. The Morgan fingerprint density at radius 3 is 2.64 bits per heavy atom. The zero-order chi connectivity index (χ0) is 16.5. The lowest BCUT2D eigenvalue weighted by atomic mass is 9.90. The normalized spacial score (nSPS) is 14.0. The smallest absolute Gasteiger partial charge is 0.173 e. The zero-order valence-electron chi connectivity index (χ0n) is 13.9. The van der Waals surface area contributed by atoms with Gasteiger partial charge in [-0.2, -0.15) is 5.10 Å². The Kier molecular flexibility index (Phi) is 5.66. The quantitative estimate of drug-likeness (QED) is 0.484. The van der Waals surface area contributed by atoms with Gasteiger partial charge < -0.3 is 4.43 Å². The zero-order valence-corrected chi connectivity index (χ0v) is 17.2. The van der Waals surface area contributed by atoms with E-state index in [-0.39, 0.29) is 17.5 Å². The molecule has 0 amide bonds. The standard InChI is InChI=1S/C16H24FIN2OSi/c1-16(2,3)9-8-14(21-22(4)5)20-13-7-6-11(17)10-12(13)15(18)19-20/h6-7,10,14,22H,8-9H2,1-5H3. The van der Waals surface area contributed by atoms with E-state index in [1.54, 1.807) is 12.1 Å². The average molecular weight is 434 g/mol. The van der Waals surface area contributed by atoms with Crippen LogP contribution in [0.25, 0.3) is 10.9 Å². The van der Waals surface area contributed by atoms with Crippen LogP contribution < -0.4 is 0 Å². The van der Waals surface area contributed by atoms with E-state index in [2.05, 4.69) is 61.6 Å².